The van der Waals surface area contributed by atoms with Gasteiger partial charge in [0.25, 0.3) is 0 Å². The van der Waals surface area contributed by atoms with Crippen molar-refractivity contribution in [3.05, 3.63) is 81.0 Å². The average molecular weight is 523 g/mol. The molecule has 39 heavy (non-hydrogen) atoms. The molecular formula is C33H34N2O4. The number of carbonyl (C=O) groups excluding carboxylic acids is 3. The molecule has 6 nitrogen and oxygen atoms in total. The SMILES string of the molecule is CC1=C(C)C(=O)C(C(C)(C)CC(=O)Oc2ccc(/C=C/C3=CC(=C(C#N)C#N)CC(C)(C)C3)cc2)=C(C)C1=O. The monoisotopic (exact) mass is 522 g/mol. The number of ketones is 2. The standard InChI is InChI=1S/C33H34N2O4/c1-20-21(2)31(38)29(22(3)30(20)37)33(6,7)17-28(36)39-27-12-10-23(11-13-27)8-9-24-14-25(26(18-34)19-35)16-32(4,5)15-24/h8-14H,15-17H2,1-7H3/b9-8+. The molecule has 0 saturated heterocycles. The maximum Gasteiger partial charge on any atom is 0.312 e. The smallest absolute Gasteiger partial charge is 0.312 e. The minimum absolute atomic E-state index is 0.0557. The number of esters is 1. The molecule has 0 heterocycles. The summed E-state index contributed by atoms with van der Waals surface area (Å²) in [4.78, 5) is 38.3. The molecule has 0 bridgehead atoms. The Morgan fingerprint density at radius 1 is 0.949 bits per heavy atom. The number of allylic oxidation sites excluding steroid dienone is 9. The van der Waals surface area contributed by atoms with E-state index >= 15 is 0 Å². The Hall–Kier alpha value is -4.29. The number of hydrogen-bond donors (Lipinski definition) is 0. The van der Waals surface area contributed by atoms with Crippen molar-refractivity contribution in [3.8, 4) is 17.9 Å². The van der Waals surface area contributed by atoms with Crippen LogP contribution in [0.5, 0.6) is 5.75 Å². The molecule has 3 rings (SSSR count). The van der Waals surface area contributed by atoms with Crippen LogP contribution in [0.2, 0.25) is 0 Å². The lowest BCUT2D eigenvalue weighted by Gasteiger charge is -2.31. The summed E-state index contributed by atoms with van der Waals surface area (Å²) in [6.45, 7) is 12.7. The fourth-order valence-corrected chi connectivity index (χ4v) is 5.27. The summed E-state index contributed by atoms with van der Waals surface area (Å²) in [6, 6.07) is 11.0. The lowest BCUT2D eigenvalue weighted by Crippen LogP contribution is -2.32. The minimum Gasteiger partial charge on any atom is -0.427 e. The van der Waals surface area contributed by atoms with Gasteiger partial charge >= 0.3 is 5.97 Å². The second-order valence-corrected chi connectivity index (χ2v) is 11.7. The summed E-state index contributed by atoms with van der Waals surface area (Å²) >= 11 is 0. The Balaban J connectivity index is 1.71. The van der Waals surface area contributed by atoms with Crippen molar-refractivity contribution in [1.29, 1.82) is 10.5 Å². The average Bonchev–Trinajstić information content (AvgIpc) is 2.85. The van der Waals surface area contributed by atoms with Crippen LogP contribution in [0.1, 0.15) is 73.3 Å². The van der Waals surface area contributed by atoms with Crippen molar-refractivity contribution in [3.63, 3.8) is 0 Å². The molecule has 0 saturated carbocycles. The van der Waals surface area contributed by atoms with Crippen LogP contribution < -0.4 is 4.74 Å². The predicted molar refractivity (Wildman–Crippen MR) is 150 cm³/mol. The highest BCUT2D eigenvalue weighted by Gasteiger charge is 2.38. The zero-order valence-corrected chi connectivity index (χ0v) is 23.7. The fourth-order valence-electron chi connectivity index (χ4n) is 5.27. The topological polar surface area (TPSA) is 108 Å². The number of nitrogens with zero attached hydrogens (tertiary/aromatic N) is 2. The van der Waals surface area contributed by atoms with Crippen molar-refractivity contribution >= 4 is 23.6 Å². The molecule has 6 heteroatoms. The molecule has 0 spiro atoms. The van der Waals surface area contributed by atoms with Crippen molar-refractivity contribution in [1.82, 2.24) is 0 Å². The minimum atomic E-state index is -0.871. The van der Waals surface area contributed by atoms with Crippen LogP contribution in [-0.2, 0) is 14.4 Å². The molecule has 0 aliphatic heterocycles. The van der Waals surface area contributed by atoms with E-state index in [4.69, 9.17) is 4.74 Å². The molecular weight excluding hydrogens is 488 g/mol. The number of ether oxygens (including phenoxy) is 1. The summed E-state index contributed by atoms with van der Waals surface area (Å²) in [5, 5.41) is 18.5. The van der Waals surface area contributed by atoms with Gasteiger partial charge in [0.1, 0.15) is 23.5 Å². The van der Waals surface area contributed by atoms with Gasteiger partial charge in [-0.2, -0.15) is 10.5 Å². The maximum atomic E-state index is 12.9. The van der Waals surface area contributed by atoms with E-state index in [0.717, 1.165) is 23.1 Å². The summed E-state index contributed by atoms with van der Waals surface area (Å²) in [7, 11) is 0. The van der Waals surface area contributed by atoms with Gasteiger partial charge in [-0.1, -0.05) is 58.1 Å². The Bertz CT molecular complexity index is 1460. The van der Waals surface area contributed by atoms with E-state index in [1.54, 1.807) is 46.8 Å². The third kappa shape index (κ3) is 6.59. The van der Waals surface area contributed by atoms with Crippen LogP contribution in [-0.4, -0.2) is 17.5 Å². The van der Waals surface area contributed by atoms with Crippen LogP contribution in [0.4, 0.5) is 0 Å². The van der Waals surface area contributed by atoms with E-state index in [2.05, 4.69) is 13.8 Å². The van der Waals surface area contributed by atoms with Crippen molar-refractivity contribution in [2.45, 2.75) is 67.7 Å². The number of carbonyl (C=O) groups is 3. The molecule has 1 aromatic rings. The quantitative estimate of drug-likeness (QED) is 0.174. The predicted octanol–water partition coefficient (Wildman–Crippen LogP) is 6.92. The number of Topliss-reactive ketones (excluding diaryl/α,β-unsaturated/α-hetero) is 2. The van der Waals surface area contributed by atoms with Crippen LogP contribution in [0.15, 0.2) is 75.4 Å². The van der Waals surface area contributed by atoms with E-state index in [0.29, 0.717) is 34.5 Å². The van der Waals surface area contributed by atoms with E-state index < -0.39 is 11.4 Å². The van der Waals surface area contributed by atoms with Crippen LogP contribution in [0.25, 0.3) is 6.08 Å². The highest BCUT2D eigenvalue weighted by atomic mass is 16.5. The Kier molecular flexibility index (Phi) is 8.42. The number of rotatable bonds is 6. The summed E-state index contributed by atoms with van der Waals surface area (Å²) in [5.74, 6) is -0.475. The van der Waals surface area contributed by atoms with E-state index in [1.165, 1.54) is 0 Å². The maximum absolute atomic E-state index is 12.9. The van der Waals surface area contributed by atoms with E-state index in [9.17, 15) is 24.9 Å². The molecule has 0 unspecified atom stereocenters. The van der Waals surface area contributed by atoms with Crippen molar-refractivity contribution < 1.29 is 19.1 Å². The number of nitriles is 2. The lowest BCUT2D eigenvalue weighted by atomic mass is 9.71. The second-order valence-electron chi connectivity index (χ2n) is 11.7. The largest absolute Gasteiger partial charge is 0.427 e. The molecule has 200 valence electrons. The first-order valence-electron chi connectivity index (χ1n) is 12.9. The van der Waals surface area contributed by atoms with Gasteiger partial charge in [0.05, 0.1) is 6.42 Å². The highest BCUT2D eigenvalue weighted by Crippen LogP contribution is 2.40. The zero-order chi connectivity index (χ0) is 29.1. The summed E-state index contributed by atoms with van der Waals surface area (Å²) in [6.07, 6.45) is 7.28. The third-order valence-electron chi connectivity index (χ3n) is 7.31. The molecule has 0 N–H and O–H groups in total. The number of benzene rings is 1. The van der Waals surface area contributed by atoms with Gasteiger partial charge in [0.2, 0.25) is 0 Å². The number of hydrogen-bond acceptors (Lipinski definition) is 6. The molecule has 0 fully saturated rings. The van der Waals surface area contributed by atoms with Gasteiger partial charge in [-0.05, 0) is 67.9 Å². The summed E-state index contributed by atoms with van der Waals surface area (Å²) in [5.41, 5.74) is 3.51. The first kappa shape index (κ1) is 29.3. The van der Waals surface area contributed by atoms with Crippen molar-refractivity contribution in [2.24, 2.45) is 10.8 Å². The molecule has 0 amide bonds. The second kappa shape index (κ2) is 11.2. The van der Waals surface area contributed by atoms with Crippen LogP contribution in [0, 0.1) is 33.5 Å². The molecule has 0 radical (unpaired) electrons. The molecule has 2 aliphatic rings. The van der Waals surface area contributed by atoms with Crippen LogP contribution >= 0.6 is 0 Å². The van der Waals surface area contributed by atoms with Crippen LogP contribution in [0.3, 0.4) is 0 Å². The summed E-state index contributed by atoms with van der Waals surface area (Å²) < 4.78 is 5.56. The normalized spacial score (nSPS) is 17.7. The molecule has 1 aromatic carbocycles. The van der Waals surface area contributed by atoms with Gasteiger partial charge in [0, 0.05) is 27.7 Å². The van der Waals surface area contributed by atoms with Gasteiger partial charge in [-0.25, -0.2) is 0 Å². The zero-order valence-electron chi connectivity index (χ0n) is 23.7. The lowest BCUT2D eigenvalue weighted by molar-refractivity contribution is -0.136. The van der Waals surface area contributed by atoms with Crippen molar-refractivity contribution in [2.75, 3.05) is 0 Å². The highest BCUT2D eigenvalue weighted by molar-refractivity contribution is 6.25. The van der Waals surface area contributed by atoms with E-state index in [-0.39, 0.29) is 29.0 Å². The Labute approximate surface area is 230 Å². The molecule has 0 aromatic heterocycles. The van der Waals surface area contributed by atoms with Gasteiger partial charge in [-0.3, -0.25) is 14.4 Å². The first-order chi connectivity index (χ1) is 18.2. The fraction of sp³-hybridized carbons (Fsp3) is 0.364. The van der Waals surface area contributed by atoms with Gasteiger partial charge in [-0.15, -0.1) is 0 Å². The Morgan fingerprint density at radius 3 is 2.13 bits per heavy atom. The first-order valence-corrected chi connectivity index (χ1v) is 12.9. The molecule has 2 aliphatic carbocycles. The molecule has 0 atom stereocenters. The van der Waals surface area contributed by atoms with Gasteiger partial charge in [0.15, 0.2) is 11.6 Å². The Morgan fingerprint density at radius 2 is 1.54 bits per heavy atom. The van der Waals surface area contributed by atoms with Gasteiger partial charge < -0.3 is 4.74 Å². The third-order valence-corrected chi connectivity index (χ3v) is 7.31. The van der Waals surface area contributed by atoms with E-state index in [1.807, 2.05) is 42.5 Å².